The lowest BCUT2D eigenvalue weighted by Crippen LogP contribution is -2.13. The minimum absolute atomic E-state index is 0.0438. The molecular formula is C16H23N3. The predicted octanol–water partition coefficient (Wildman–Crippen LogP) is 3.62. The summed E-state index contributed by atoms with van der Waals surface area (Å²) in [7, 11) is 0. The first-order valence-corrected chi connectivity index (χ1v) is 7.13. The maximum Gasteiger partial charge on any atom is 0.0994 e. The van der Waals surface area contributed by atoms with Gasteiger partial charge in [-0.3, -0.25) is 0 Å². The Balaban J connectivity index is 2.20. The van der Waals surface area contributed by atoms with E-state index in [1.54, 1.807) is 0 Å². The molecule has 0 spiro atoms. The molecule has 0 unspecified atom stereocenters. The van der Waals surface area contributed by atoms with Gasteiger partial charge in [-0.05, 0) is 37.0 Å². The van der Waals surface area contributed by atoms with Crippen LogP contribution in [0.3, 0.4) is 0 Å². The third-order valence-corrected chi connectivity index (χ3v) is 3.52. The number of aromatic nitrogens is 2. The van der Waals surface area contributed by atoms with E-state index in [0.717, 1.165) is 24.2 Å². The lowest BCUT2D eigenvalue weighted by atomic mass is 10.1. The van der Waals surface area contributed by atoms with Gasteiger partial charge in [-0.2, -0.15) is 0 Å². The van der Waals surface area contributed by atoms with E-state index in [-0.39, 0.29) is 6.04 Å². The van der Waals surface area contributed by atoms with Gasteiger partial charge in [0.05, 0.1) is 18.2 Å². The maximum atomic E-state index is 6.11. The molecule has 3 nitrogen and oxygen atoms in total. The molecule has 0 aliphatic carbocycles. The van der Waals surface area contributed by atoms with Crippen molar-refractivity contribution in [3.63, 3.8) is 0 Å². The zero-order valence-corrected chi connectivity index (χ0v) is 11.8. The Hall–Kier alpha value is -1.61. The summed E-state index contributed by atoms with van der Waals surface area (Å²) in [6.45, 7) is 4.31. The number of aryl methyl sites for hydroxylation is 1. The fourth-order valence-corrected chi connectivity index (χ4v) is 2.21. The number of benzene rings is 1. The third-order valence-electron chi connectivity index (χ3n) is 3.52. The standard InChI is InChI=1S/C16H23N3/c1-3-5-6-13-7-9-14(10-8-13)19-12-18-11-16(19)15(17)4-2/h7-12,15H,3-6,17H2,1-2H3/t15-/m1/s1. The Labute approximate surface area is 115 Å². The van der Waals surface area contributed by atoms with Crippen LogP contribution in [0.1, 0.15) is 50.4 Å². The van der Waals surface area contributed by atoms with Gasteiger partial charge in [0.1, 0.15) is 0 Å². The van der Waals surface area contributed by atoms with Crippen LogP contribution < -0.4 is 5.73 Å². The molecule has 0 amide bonds. The van der Waals surface area contributed by atoms with E-state index < -0.39 is 0 Å². The van der Waals surface area contributed by atoms with Crippen LogP contribution in [0.4, 0.5) is 0 Å². The highest BCUT2D eigenvalue weighted by atomic mass is 15.1. The molecule has 0 aliphatic rings. The lowest BCUT2D eigenvalue weighted by molar-refractivity contribution is 0.659. The van der Waals surface area contributed by atoms with Crippen molar-refractivity contribution in [3.8, 4) is 5.69 Å². The number of nitrogens with zero attached hydrogens (tertiary/aromatic N) is 2. The SMILES string of the molecule is CCCCc1ccc(-n2cncc2[C@H](N)CC)cc1. The van der Waals surface area contributed by atoms with Gasteiger partial charge in [0, 0.05) is 11.7 Å². The zero-order valence-electron chi connectivity index (χ0n) is 11.8. The normalized spacial score (nSPS) is 12.6. The quantitative estimate of drug-likeness (QED) is 0.859. The van der Waals surface area contributed by atoms with Crippen LogP contribution in [-0.4, -0.2) is 9.55 Å². The van der Waals surface area contributed by atoms with Gasteiger partial charge in [0.2, 0.25) is 0 Å². The molecule has 2 aromatic rings. The Morgan fingerprint density at radius 2 is 1.95 bits per heavy atom. The van der Waals surface area contributed by atoms with Crippen molar-refractivity contribution in [1.82, 2.24) is 9.55 Å². The Kier molecular flexibility index (Phi) is 4.74. The van der Waals surface area contributed by atoms with Crippen molar-refractivity contribution in [2.75, 3.05) is 0 Å². The molecule has 0 saturated carbocycles. The van der Waals surface area contributed by atoms with Crippen LogP contribution in [0.2, 0.25) is 0 Å². The highest BCUT2D eigenvalue weighted by Gasteiger charge is 2.10. The summed E-state index contributed by atoms with van der Waals surface area (Å²) in [6.07, 6.45) is 8.25. The summed E-state index contributed by atoms with van der Waals surface area (Å²) in [5.74, 6) is 0. The number of unbranched alkanes of at least 4 members (excludes halogenated alkanes) is 1. The first-order valence-electron chi connectivity index (χ1n) is 7.13. The van der Waals surface area contributed by atoms with Crippen LogP contribution >= 0.6 is 0 Å². The number of nitrogens with two attached hydrogens (primary N) is 1. The van der Waals surface area contributed by atoms with E-state index in [4.69, 9.17) is 5.73 Å². The first kappa shape index (κ1) is 13.8. The summed E-state index contributed by atoms with van der Waals surface area (Å²) in [5, 5.41) is 0. The summed E-state index contributed by atoms with van der Waals surface area (Å²) in [5.41, 5.74) is 9.72. The van der Waals surface area contributed by atoms with Crippen molar-refractivity contribution in [2.24, 2.45) is 5.73 Å². The van der Waals surface area contributed by atoms with E-state index in [1.807, 2.05) is 12.5 Å². The minimum atomic E-state index is 0.0438. The smallest absolute Gasteiger partial charge is 0.0994 e. The molecule has 2 N–H and O–H groups in total. The predicted molar refractivity (Wildman–Crippen MR) is 79.4 cm³/mol. The second-order valence-corrected chi connectivity index (χ2v) is 4.97. The molecule has 0 radical (unpaired) electrons. The van der Waals surface area contributed by atoms with Crippen LogP contribution in [0.5, 0.6) is 0 Å². The second-order valence-electron chi connectivity index (χ2n) is 4.97. The molecule has 1 aromatic heterocycles. The van der Waals surface area contributed by atoms with E-state index in [2.05, 4.69) is 47.7 Å². The van der Waals surface area contributed by atoms with Gasteiger partial charge in [0.15, 0.2) is 0 Å². The number of hydrogen-bond donors (Lipinski definition) is 1. The van der Waals surface area contributed by atoms with Gasteiger partial charge in [0.25, 0.3) is 0 Å². The lowest BCUT2D eigenvalue weighted by Gasteiger charge is -2.13. The van der Waals surface area contributed by atoms with Crippen molar-refractivity contribution in [2.45, 2.75) is 45.6 Å². The minimum Gasteiger partial charge on any atom is -0.323 e. The number of rotatable bonds is 6. The van der Waals surface area contributed by atoms with Crippen molar-refractivity contribution >= 4 is 0 Å². The zero-order chi connectivity index (χ0) is 13.7. The fraction of sp³-hybridized carbons (Fsp3) is 0.438. The first-order chi connectivity index (χ1) is 9.26. The van der Waals surface area contributed by atoms with Crippen molar-refractivity contribution in [1.29, 1.82) is 0 Å². The van der Waals surface area contributed by atoms with Crippen molar-refractivity contribution in [3.05, 3.63) is 48.0 Å². The highest BCUT2D eigenvalue weighted by molar-refractivity contribution is 5.36. The average Bonchev–Trinajstić information content (AvgIpc) is 2.94. The van der Waals surface area contributed by atoms with E-state index in [9.17, 15) is 0 Å². The number of imidazole rings is 1. The van der Waals surface area contributed by atoms with E-state index in [0.29, 0.717) is 0 Å². The van der Waals surface area contributed by atoms with Crippen LogP contribution in [0, 0.1) is 0 Å². The van der Waals surface area contributed by atoms with E-state index in [1.165, 1.54) is 18.4 Å². The summed E-state index contributed by atoms with van der Waals surface area (Å²) < 4.78 is 2.08. The molecule has 19 heavy (non-hydrogen) atoms. The van der Waals surface area contributed by atoms with Crippen molar-refractivity contribution < 1.29 is 0 Å². The molecule has 2 rings (SSSR count). The largest absolute Gasteiger partial charge is 0.323 e. The van der Waals surface area contributed by atoms with Crippen LogP contribution in [0.15, 0.2) is 36.8 Å². The molecule has 0 saturated heterocycles. The van der Waals surface area contributed by atoms with E-state index >= 15 is 0 Å². The van der Waals surface area contributed by atoms with Gasteiger partial charge < -0.3 is 10.3 Å². The van der Waals surface area contributed by atoms with Crippen LogP contribution in [-0.2, 0) is 6.42 Å². The molecule has 0 aliphatic heterocycles. The summed E-state index contributed by atoms with van der Waals surface area (Å²) in [6, 6.07) is 8.75. The van der Waals surface area contributed by atoms with Crippen LogP contribution in [0.25, 0.3) is 5.69 Å². The molecule has 102 valence electrons. The topological polar surface area (TPSA) is 43.8 Å². The van der Waals surface area contributed by atoms with Gasteiger partial charge >= 0.3 is 0 Å². The molecular weight excluding hydrogens is 234 g/mol. The Bertz CT molecular complexity index is 499. The molecule has 3 heteroatoms. The summed E-state index contributed by atoms with van der Waals surface area (Å²) in [4.78, 5) is 4.22. The molecule has 1 aromatic carbocycles. The Morgan fingerprint density at radius 1 is 1.21 bits per heavy atom. The van der Waals surface area contributed by atoms with Gasteiger partial charge in [-0.25, -0.2) is 4.98 Å². The monoisotopic (exact) mass is 257 g/mol. The molecule has 1 heterocycles. The molecule has 0 bridgehead atoms. The Morgan fingerprint density at radius 3 is 2.58 bits per heavy atom. The third kappa shape index (κ3) is 3.24. The maximum absolute atomic E-state index is 6.11. The molecule has 1 atom stereocenters. The highest BCUT2D eigenvalue weighted by Crippen LogP contribution is 2.19. The van der Waals surface area contributed by atoms with Gasteiger partial charge in [-0.1, -0.05) is 32.4 Å². The average molecular weight is 257 g/mol. The van der Waals surface area contributed by atoms with Gasteiger partial charge in [-0.15, -0.1) is 0 Å². The fourth-order valence-electron chi connectivity index (χ4n) is 2.21. The molecule has 0 fully saturated rings. The number of hydrogen-bond acceptors (Lipinski definition) is 2. The summed E-state index contributed by atoms with van der Waals surface area (Å²) >= 11 is 0. The second kappa shape index (κ2) is 6.53.